The maximum Gasteiger partial charge on any atom is 0.416 e. The van der Waals surface area contributed by atoms with E-state index in [9.17, 15) is 39.9 Å². The summed E-state index contributed by atoms with van der Waals surface area (Å²) in [6.45, 7) is -0.611. The third kappa shape index (κ3) is 6.38. The first kappa shape index (κ1) is 34.2. The number of piperidine rings is 1. The summed E-state index contributed by atoms with van der Waals surface area (Å²) in [6.07, 6.45) is -12.1. The Kier molecular flexibility index (Phi) is 9.22. The van der Waals surface area contributed by atoms with E-state index in [4.69, 9.17) is 4.74 Å². The van der Waals surface area contributed by atoms with E-state index in [0.29, 0.717) is 30.7 Å². The van der Waals surface area contributed by atoms with Gasteiger partial charge in [-0.1, -0.05) is 78.9 Å². The van der Waals surface area contributed by atoms with Gasteiger partial charge in [0.15, 0.2) is 9.84 Å². The second-order valence-corrected chi connectivity index (χ2v) is 14.5. The minimum Gasteiger partial charge on any atom is -0.393 e. The van der Waals surface area contributed by atoms with Gasteiger partial charge in [-0.2, -0.15) is 26.3 Å². The number of sulfone groups is 1. The highest BCUT2D eigenvalue weighted by atomic mass is 32.2. The SMILES string of the molecule is O=S(=O)(c1ccccc1)[C@@H]1C[C@@]2(c3ccccc3)[C@H](O[C@@H](CO)c3cc(C(F)(F)F)cc(C(F)(F)F)c3)CC[C@@H]1N2Cc1ccccc1. The van der Waals surface area contributed by atoms with Crippen molar-refractivity contribution in [3.05, 3.63) is 137 Å². The molecule has 2 fully saturated rings. The Bertz CT molecular complexity index is 1790. The monoisotopic (exact) mass is 689 g/mol. The first-order chi connectivity index (χ1) is 22.7. The number of benzene rings is 4. The molecule has 0 unspecified atom stereocenters. The highest BCUT2D eigenvalue weighted by molar-refractivity contribution is 7.92. The van der Waals surface area contributed by atoms with Gasteiger partial charge >= 0.3 is 12.4 Å². The van der Waals surface area contributed by atoms with Crippen molar-refractivity contribution in [1.29, 1.82) is 0 Å². The number of aliphatic hydroxyl groups excluding tert-OH is 1. The van der Waals surface area contributed by atoms with Crippen LogP contribution >= 0.6 is 0 Å². The van der Waals surface area contributed by atoms with Gasteiger partial charge in [0.25, 0.3) is 0 Å². The van der Waals surface area contributed by atoms with Gasteiger partial charge in [-0.25, -0.2) is 8.42 Å². The molecule has 12 heteroatoms. The molecule has 254 valence electrons. The molecule has 0 radical (unpaired) electrons. The molecule has 0 saturated carbocycles. The minimum absolute atomic E-state index is 0.0339. The Balaban J connectivity index is 1.49. The van der Waals surface area contributed by atoms with Crippen LogP contribution in [0.2, 0.25) is 0 Å². The number of rotatable bonds is 9. The average Bonchev–Trinajstić information content (AvgIpc) is 3.29. The summed E-state index contributed by atoms with van der Waals surface area (Å²) in [5, 5.41) is 9.55. The summed E-state index contributed by atoms with van der Waals surface area (Å²) in [6, 6.07) is 27.2. The summed E-state index contributed by atoms with van der Waals surface area (Å²) in [5.74, 6) is 0. The molecule has 4 aromatic carbocycles. The standard InChI is InChI=1S/C36H33F6NO4S/c37-35(38,39)27-18-25(19-28(20-27)36(40,41)42)31(23-44)47-33-17-16-30-32(48(45,46)29-14-8-3-9-15-29)21-34(33,26-12-6-2-7-13-26)43(30)22-24-10-4-1-5-11-24/h1-15,18-20,30-33,44H,16-17,21-23H2/t30-,31-,32+,33+,34+/m0/s1. The Morgan fingerprint density at radius 1 is 0.792 bits per heavy atom. The normalized spacial score (nSPS) is 24.0. The lowest BCUT2D eigenvalue weighted by atomic mass is 9.78. The zero-order valence-corrected chi connectivity index (χ0v) is 26.3. The summed E-state index contributed by atoms with van der Waals surface area (Å²) >= 11 is 0. The van der Waals surface area contributed by atoms with Crippen LogP contribution in [0.5, 0.6) is 0 Å². The fourth-order valence-corrected chi connectivity index (χ4v) is 9.44. The van der Waals surface area contributed by atoms with Gasteiger partial charge in [-0.3, -0.25) is 4.90 Å². The van der Waals surface area contributed by atoms with Crippen LogP contribution < -0.4 is 0 Å². The van der Waals surface area contributed by atoms with Gasteiger partial charge in [-0.15, -0.1) is 0 Å². The number of halogens is 6. The molecule has 0 aliphatic carbocycles. The van der Waals surface area contributed by atoms with E-state index in [-0.39, 0.29) is 23.8 Å². The third-order valence-electron chi connectivity index (χ3n) is 9.53. The Morgan fingerprint density at radius 3 is 1.88 bits per heavy atom. The predicted octanol–water partition coefficient (Wildman–Crippen LogP) is 7.95. The molecule has 2 bridgehead atoms. The fraction of sp³-hybridized carbons (Fsp3) is 0.333. The van der Waals surface area contributed by atoms with Crippen molar-refractivity contribution >= 4 is 9.84 Å². The molecule has 48 heavy (non-hydrogen) atoms. The van der Waals surface area contributed by atoms with Crippen LogP contribution in [0, 0.1) is 0 Å². The van der Waals surface area contributed by atoms with Gasteiger partial charge in [0.1, 0.15) is 6.10 Å². The molecule has 0 aromatic heterocycles. The number of nitrogens with zero attached hydrogens (tertiary/aromatic N) is 1. The quantitative estimate of drug-likeness (QED) is 0.181. The molecule has 0 spiro atoms. The van der Waals surface area contributed by atoms with Crippen LogP contribution in [0.3, 0.4) is 0 Å². The fourth-order valence-electron chi connectivity index (χ4n) is 7.38. The number of alkyl halides is 6. The summed E-state index contributed by atoms with van der Waals surface area (Å²) in [5.41, 5.74) is -3.11. The topological polar surface area (TPSA) is 66.8 Å². The summed E-state index contributed by atoms with van der Waals surface area (Å²) in [7, 11) is -3.91. The van der Waals surface area contributed by atoms with Crippen LogP contribution in [-0.4, -0.2) is 42.4 Å². The maximum absolute atomic E-state index is 14.3. The molecule has 1 N–H and O–H groups in total. The predicted molar refractivity (Wildman–Crippen MR) is 166 cm³/mol. The largest absolute Gasteiger partial charge is 0.416 e. The van der Waals surface area contributed by atoms with Gasteiger partial charge in [-0.05, 0) is 66.3 Å². The molecular formula is C36H33F6NO4S. The van der Waals surface area contributed by atoms with Gasteiger partial charge in [0.05, 0.1) is 39.5 Å². The lowest BCUT2D eigenvalue weighted by molar-refractivity contribution is -0.146. The van der Waals surface area contributed by atoms with E-state index in [2.05, 4.69) is 4.90 Å². The number of hydrogen-bond donors (Lipinski definition) is 1. The molecule has 2 aliphatic rings. The summed E-state index contributed by atoms with van der Waals surface area (Å²) in [4.78, 5) is 2.22. The Labute approximate surface area is 274 Å². The second-order valence-electron chi connectivity index (χ2n) is 12.3. The lowest BCUT2D eigenvalue weighted by Crippen LogP contribution is -2.57. The van der Waals surface area contributed by atoms with Gasteiger partial charge in [0, 0.05) is 12.6 Å². The van der Waals surface area contributed by atoms with Crippen molar-refractivity contribution in [1.82, 2.24) is 4.90 Å². The second kappa shape index (κ2) is 13.0. The number of hydrogen-bond acceptors (Lipinski definition) is 5. The Hall–Kier alpha value is -3.71. The Morgan fingerprint density at radius 2 is 1.33 bits per heavy atom. The van der Waals surface area contributed by atoms with E-state index in [1.54, 1.807) is 36.4 Å². The highest BCUT2D eigenvalue weighted by Gasteiger charge is 2.63. The average molecular weight is 690 g/mol. The van der Waals surface area contributed by atoms with Crippen LogP contribution in [0.1, 0.15) is 53.2 Å². The molecular weight excluding hydrogens is 656 g/mol. The molecule has 0 amide bonds. The van der Waals surface area contributed by atoms with E-state index in [0.717, 1.165) is 5.56 Å². The molecule has 5 nitrogen and oxygen atoms in total. The van der Waals surface area contributed by atoms with Crippen molar-refractivity contribution in [3.63, 3.8) is 0 Å². The lowest BCUT2D eigenvalue weighted by Gasteiger charge is -2.50. The minimum atomic E-state index is -5.09. The van der Waals surface area contributed by atoms with Gasteiger partial charge in [0.2, 0.25) is 0 Å². The number of fused-ring (bicyclic) bond motifs is 2. The van der Waals surface area contributed by atoms with Crippen LogP contribution in [0.15, 0.2) is 114 Å². The third-order valence-corrected chi connectivity index (χ3v) is 11.7. The number of ether oxygens (including phenoxy) is 1. The summed E-state index contributed by atoms with van der Waals surface area (Å²) < 4.78 is 118. The smallest absolute Gasteiger partial charge is 0.393 e. The van der Waals surface area contributed by atoms with E-state index >= 15 is 0 Å². The molecule has 5 atom stereocenters. The van der Waals surface area contributed by atoms with Crippen LogP contribution in [0.25, 0.3) is 0 Å². The van der Waals surface area contributed by atoms with Crippen molar-refractivity contribution in [3.8, 4) is 0 Å². The van der Waals surface area contributed by atoms with Crippen LogP contribution in [0.4, 0.5) is 26.3 Å². The maximum atomic E-state index is 14.3. The number of aliphatic hydroxyl groups is 1. The van der Waals surface area contributed by atoms with E-state index in [1.807, 2.05) is 42.5 Å². The van der Waals surface area contributed by atoms with Crippen molar-refractivity contribution in [2.75, 3.05) is 6.61 Å². The highest BCUT2D eigenvalue weighted by Crippen LogP contribution is 2.56. The van der Waals surface area contributed by atoms with E-state index in [1.165, 1.54) is 12.1 Å². The zero-order valence-electron chi connectivity index (χ0n) is 25.5. The van der Waals surface area contributed by atoms with Gasteiger partial charge < -0.3 is 9.84 Å². The van der Waals surface area contributed by atoms with Crippen molar-refractivity contribution in [2.24, 2.45) is 0 Å². The molecule has 4 aromatic rings. The molecule has 6 rings (SSSR count). The molecule has 2 heterocycles. The van der Waals surface area contributed by atoms with Crippen molar-refractivity contribution in [2.45, 2.75) is 72.1 Å². The van der Waals surface area contributed by atoms with E-state index < -0.39 is 74.5 Å². The molecule has 2 saturated heterocycles. The van der Waals surface area contributed by atoms with Crippen LogP contribution in [-0.2, 0) is 39.0 Å². The first-order valence-electron chi connectivity index (χ1n) is 15.5. The molecule has 2 aliphatic heterocycles. The zero-order chi connectivity index (χ0) is 34.3. The van der Waals surface area contributed by atoms with Crippen molar-refractivity contribution < 1.29 is 44.6 Å². The first-order valence-corrected chi connectivity index (χ1v) is 17.0.